The van der Waals surface area contributed by atoms with Gasteiger partial charge < -0.3 is 15.3 Å². The summed E-state index contributed by atoms with van der Waals surface area (Å²) in [4.78, 5) is 11.9. The maximum atomic E-state index is 10.9. The van der Waals surface area contributed by atoms with Crippen LogP contribution in [0, 0.1) is 0 Å². The van der Waals surface area contributed by atoms with E-state index < -0.39 is 5.97 Å². The van der Waals surface area contributed by atoms with Crippen LogP contribution in [0.1, 0.15) is 34.1 Å². The van der Waals surface area contributed by atoms with Gasteiger partial charge in [0.2, 0.25) is 0 Å². The van der Waals surface area contributed by atoms with Crippen molar-refractivity contribution >= 4 is 23.8 Å². The number of phenols is 2. The van der Waals surface area contributed by atoms with E-state index in [4.69, 9.17) is 5.11 Å². The molecule has 1 aliphatic rings. The van der Waals surface area contributed by atoms with Crippen molar-refractivity contribution in [3.05, 3.63) is 95.1 Å². The molecule has 2 atom stereocenters. The third kappa shape index (κ3) is 4.15. The molecule has 3 aromatic rings. The first-order valence-electron chi connectivity index (χ1n) is 9.27. The number of phenolic OH excluding ortho intramolecular Hbond substituents is 2. The molecule has 0 spiro atoms. The van der Waals surface area contributed by atoms with Gasteiger partial charge in [0.05, 0.1) is 0 Å². The molecule has 1 aliphatic heterocycles. The molecule has 0 saturated carbocycles. The molecule has 0 amide bonds. The summed E-state index contributed by atoms with van der Waals surface area (Å²) in [7, 11) is 0. The van der Waals surface area contributed by atoms with Gasteiger partial charge in [-0.2, -0.15) is 0 Å². The first kappa shape index (κ1) is 19.2. The number of aromatic hydroxyl groups is 2. The second kappa shape index (κ2) is 8.05. The lowest BCUT2D eigenvalue weighted by atomic mass is 9.77. The van der Waals surface area contributed by atoms with Gasteiger partial charge in [-0.05, 0) is 52.6 Å². The third-order valence-electron chi connectivity index (χ3n) is 5.16. The van der Waals surface area contributed by atoms with Crippen LogP contribution in [-0.4, -0.2) is 27.0 Å². The minimum Gasteiger partial charge on any atom is -0.508 e. The highest BCUT2D eigenvalue weighted by Crippen LogP contribution is 2.49. The number of hydrogen-bond donors (Lipinski definition) is 3. The number of thioether (sulfide) groups is 1. The lowest BCUT2D eigenvalue weighted by Gasteiger charge is -2.34. The quantitative estimate of drug-likeness (QED) is 0.520. The highest BCUT2D eigenvalue weighted by Gasteiger charge is 2.32. The topological polar surface area (TPSA) is 77.8 Å². The van der Waals surface area contributed by atoms with Crippen LogP contribution in [-0.2, 0) is 4.79 Å². The molecule has 0 aliphatic carbocycles. The fourth-order valence-corrected chi connectivity index (χ4v) is 5.15. The largest absolute Gasteiger partial charge is 0.508 e. The zero-order valence-electron chi connectivity index (χ0n) is 15.5. The third-order valence-corrected chi connectivity index (χ3v) is 6.35. The van der Waals surface area contributed by atoms with Gasteiger partial charge in [-0.15, -0.1) is 11.8 Å². The summed E-state index contributed by atoms with van der Waals surface area (Å²) in [5.41, 5.74) is 4.18. The summed E-state index contributed by atoms with van der Waals surface area (Å²) in [5.74, 6) is 0.565. The van der Waals surface area contributed by atoms with Crippen LogP contribution in [0.25, 0.3) is 6.08 Å². The van der Waals surface area contributed by atoms with Crippen LogP contribution in [0.15, 0.2) is 77.7 Å². The zero-order chi connectivity index (χ0) is 20.4. The lowest BCUT2D eigenvalue weighted by Crippen LogP contribution is -2.20. The Labute approximate surface area is 173 Å². The molecule has 1 heterocycles. The van der Waals surface area contributed by atoms with Gasteiger partial charge in [-0.1, -0.05) is 42.5 Å². The van der Waals surface area contributed by atoms with Crippen molar-refractivity contribution < 1.29 is 20.1 Å². The smallest absolute Gasteiger partial charge is 0.328 e. The first-order valence-corrected chi connectivity index (χ1v) is 10.3. The lowest BCUT2D eigenvalue weighted by molar-refractivity contribution is -0.131. The maximum Gasteiger partial charge on any atom is 0.328 e. The number of benzene rings is 3. The molecule has 0 radical (unpaired) electrons. The fraction of sp³-hybridized carbons (Fsp3) is 0.125. The molecular weight excluding hydrogens is 384 g/mol. The van der Waals surface area contributed by atoms with Gasteiger partial charge in [0, 0.05) is 28.6 Å². The van der Waals surface area contributed by atoms with Crippen molar-refractivity contribution in [2.24, 2.45) is 0 Å². The van der Waals surface area contributed by atoms with Crippen LogP contribution in [0.4, 0.5) is 0 Å². The average molecular weight is 404 g/mol. The van der Waals surface area contributed by atoms with Crippen LogP contribution >= 0.6 is 11.8 Å². The summed E-state index contributed by atoms with van der Waals surface area (Å²) in [5, 5.41) is 28.5. The van der Waals surface area contributed by atoms with Gasteiger partial charge in [0.15, 0.2) is 0 Å². The average Bonchev–Trinajstić information content (AvgIpc) is 2.72. The Morgan fingerprint density at radius 2 is 1.69 bits per heavy atom. The standard InChI is InChI=1S/C24H20O4S/c25-18-7-5-16(6-8-18)21-14-29-22-13-19(26)9-10-20(22)24(21)17-3-1-2-15(12-17)4-11-23(27)28/h1-13,21,24-26H,14H2,(H,27,28). The zero-order valence-corrected chi connectivity index (χ0v) is 16.3. The number of carboxylic acids is 1. The normalized spacial score (nSPS) is 18.5. The first-order chi connectivity index (χ1) is 14.0. The summed E-state index contributed by atoms with van der Waals surface area (Å²) in [6.45, 7) is 0. The molecular formula is C24H20O4S. The highest BCUT2D eigenvalue weighted by molar-refractivity contribution is 7.99. The molecule has 5 heteroatoms. The molecule has 29 heavy (non-hydrogen) atoms. The molecule has 0 fully saturated rings. The van der Waals surface area contributed by atoms with E-state index in [0.29, 0.717) is 0 Å². The second-order valence-corrected chi connectivity index (χ2v) is 8.11. The number of rotatable bonds is 4. The molecule has 0 bridgehead atoms. The van der Waals surface area contributed by atoms with Crippen LogP contribution in [0.3, 0.4) is 0 Å². The van der Waals surface area contributed by atoms with Crippen molar-refractivity contribution in [3.63, 3.8) is 0 Å². The van der Waals surface area contributed by atoms with Crippen molar-refractivity contribution in [1.29, 1.82) is 0 Å². The van der Waals surface area contributed by atoms with Gasteiger partial charge in [0.1, 0.15) is 11.5 Å². The highest BCUT2D eigenvalue weighted by atomic mass is 32.2. The van der Waals surface area contributed by atoms with Gasteiger partial charge in [-0.25, -0.2) is 4.79 Å². The van der Waals surface area contributed by atoms with Gasteiger partial charge in [0.25, 0.3) is 0 Å². The molecule has 3 N–H and O–H groups in total. The number of fused-ring (bicyclic) bond motifs is 1. The molecule has 3 aromatic carbocycles. The van der Waals surface area contributed by atoms with Crippen LogP contribution < -0.4 is 0 Å². The number of carboxylic acid groups (broad SMARTS) is 1. The van der Waals surface area contributed by atoms with E-state index in [1.165, 1.54) is 0 Å². The fourth-order valence-electron chi connectivity index (χ4n) is 3.84. The molecule has 4 nitrogen and oxygen atoms in total. The van der Waals surface area contributed by atoms with E-state index in [1.54, 1.807) is 42.1 Å². The Morgan fingerprint density at radius 3 is 2.45 bits per heavy atom. The van der Waals surface area contributed by atoms with Crippen LogP contribution in [0.2, 0.25) is 0 Å². The van der Waals surface area contributed by atoms with Crippen molar-refractivity contribution in [2.45, 2.75) is 16.7 Å². The van der Waals surface area contributed by atoms with E-state index in [1.807, 2.05) is 36.4 Å². The van der Waals surface area contributed by atoms with Crippen molar-refractivity contribution in [1.82, 2.24) is 0 Å². The van der Waals surface area contributed by atoms with Crippen molar-refractivity contribution in [2.75, 3.05) is 5.75 Å². The van der Waals surface area contributed by atoms with Crippen LogP contribution in [0.5, 0.6) is 11.5 Å². The second-order valence-electron chi connectivity index (χ2n) is 7.05. The predicted octanol–water partition coefficient (Wildman–Crippen LogP) is 5.22. The van der Waals surface area contributed by atoms with Gasteiger partial charge >= 0.3 is 5.97 Å². The Morgan fingerprint density at radius 1 is 0.931 bits per heavy atom. The molecule has 2 unspecified atom stereocenters. The SMILES string of the molecule is O=C(O)C=Cc1cccc(C2c3ccc(O)cc3SCC2c2ccc(O)cc2)c1. The number of aliphatic carboxylic acids is 1. The molecule has 0 saturated heterocycles. The molecule has 4 rings (SSSR count). The Bertz CT molecular complexity index is 1070. The Balaban J connectivity index is 1.82. The van der Waals surface area contributed by atoms with E-state index in [-0.39, 0.29) is 23.3 Å². The molecule has 146 valence electrons. The van der Waals surface area contributed by atoms with E-state index in [9.17, 15) is 15.0 Å². The van der Waals surface area contributed by atoms with E-state index >= 15 is 0 Å². The summed E-state index contributed by atoms with van der Waals surface area (Å²) < 4.78 is 0. The number of hydrogen-bond acceptors (Lipinski definition) is 4. The van der Waals surface area contributed by atoms with E-state index in [0.717, 1.165) is 39.0 Å². The predicted molar refractivity (Wildman–Crippen MR) is 115 cm³/mol. The summed E-state index contributed by atoms with van der Waals surface area (Å²) in [6, 6.07) is 20.7. The van der Waals surface area contributed by atoms with E-state index in [2.05, 4.69) is 6.07 Å². The van der Waals surface area contributed by atoms with Gasteiger partial charge in [-0.3, -0.25) is 0 Å². The summed E-state index contributed by atoms with van der Waals surface area (Å²) >= 11 is 1.71. The summed E-state index contributed by atoms with van der Waals surface area (Å²) in [6.07, 6.45) is 2.73. The Hall–Kier alpha value is -3.18. The maximum absolute atomic E-state index is 10.9. The minimum absolute atomic E-state index is 0.0505. The van der Waals surface area contributed by atoms with Crippen molar-refractivity contribution in [3.8, 4) is 11.5 Å². The monoisotopic (exact) mass is 404 g/mol. The Kier molecular flexibility index (Phi) is 5.32. The molecule has 0 aromatic heterocycles. The number of carbonyl (C=O) groups is 1. The minimum atomic E-state index is -0.979.